The monoisotopic (exact) mass is 509 g/mol. The maximum Gasteiger partial charge on any atom is 0.229 e. The molecular formula is C30H39NO2S2. The molecule has 1 aliphatic carbocycles. The number of rotatable bonds is 7. The van der Waals surface area contributed by atoms with Crippen molar-refractivity contribution in [2.24, 2.45) is 29.6 Å². The van der Waals surface area contributed by atoms with Gasteiger partial charge < -0.3 is 9.64 Å². The number of fused-ring (bicyclic) bond motifs is 2. The minimum atomic E-state index is -0.165. The third-order valence-electron chi connectivity index (χ3n) is 8.59. The van der Waals surface area contributed by atoms with E-state index in [0.29, 0.717) is 23.7 Å². The van der Waals surface area contributed by atoms with E-state index in [0.717, 1.165) is 24.3 Å². The molecule has 1 saturated carbocycles. The molecule has 5 rings (SSSR count). The molecule has 188 valence electrons. The predicted octanol–water partition coefficient (Wildman–Crippen LogP) is 7.22. The van der Waals surface area contributed by atoms with Gasteiger partial charge in [0.15, 0.2) is 0 Å². The third-order valence-corrected chi connectivity index (χ3v) is 11.0. The lowest BCUT2D eigenvalue weighted by Gasteiger charge is -2.56. The van der Waals surface area contributed by atoms with Crippen molar-refractivity contribution in [3.8, 4) is 0 Å². The fourth-order valence-electron chi connectivity index (χ4n) is 6.67. The molecule has 1 amide bonds. The number of amides is 1. The first-order chi connectivity index (χ1) is 16.9. The zero-order valence-corrected chi connectivity index (χ0v) is 23.1. The summed E-state index contributed by atoms with van der Waals surface area (Å²) in [7, 11) is 0. The van der Waals surface area contributed by atoms with Gasteiger partial charge in [-0.05, 0) is 62.8 Å². The zero-order chi connectivity index (χ0) is 24.6. The summed E-state index contributed by atoms with van der Waals surface area (Å²) in [6, 6.07) is 21.1. The fourth-order valence-corrected chi connectivity index (χ4v) is 8.78. The van der Waals surface area contributed by atoms with Crippen molar-refractivity contribution in [1.29, 1.82) is 0 Å². The summed E-state index contributed by atoms with van der Waals surface area (Å²) in [6.07, 6.45) is 3.66. The van der Waals surface area contributed by atoms with Crippen LogP contribution >= 0.6 is 23.5 Å². The molecule has 1 unspecified atom stereocenters. The number of nitrogens with zero attached hydrogens (tertiary/aromatic N) is 1. The van der Waals surface area contributed by atoms with Crippen LogP contribution in [-0.4, -0.2) is 40.2 Å². The molecule has 5 heteroatoms. The molecular weight excluding hydrogens is 470 g/mol. The van der Waals surface area contributed by atoms with E-state index < -0.39 is 0 Å². The Kier molecular flexibility index (Phi) is 7.58. The third kappa shape index (κ3) is 5.06. The number of carbonyl (C=O) groups excluding carboxylic acids is 1. The molecule has 0 N–H and O–H groups in total. The Balaban J connectivity index is 1.41. The Labute approximate surface area is 219 Å². The minimum absolute atomic E-state index is 0.0200. The summed E-state index contributed by atoms with van der Waals surface area (Å²) < 4.78 is 6.95. The molecule has 2 aromatic carbocycles. The Hall–Kier alpha value is -1.43. The van der Waals surface area contributed by atoms with Crippen LogP contribution in [0, 0.1) is 29.6 Å². The van der Waals surface area contributed by atoms with E-state index >= 15 is 0 Å². The van der Waals surface area contributed by atoms with Crippen LogP contribution in [0.5, 0.6) is 0 Å². The Morgan fingerprint density at radius 2 is 1.63 bits per heavy atom. The molecule has 2 saturated heterocycles. The predicted molar refractivity (Wildman–Crippen MR) is 147 cm³/mol. The van der Waals surface area contributed by atoms with Gasteiger partial charge in [-0.1, -0.05) is 56.7 Å². The van der Waals surface area contributed by atoms with Crippen molar-refractivity contribution >= 4 is 29.4 Å². The van der Waals surface area contributed by atoms with Crippen LogP contribution in [0.1, 0.15) is 47.0 Å². The lowest BCUT2D eigenvalue weighted by atomic mass is 9.69. The summed E-state index contributed by atoms with van der Waals surface area (Å²) >= 11 is 3.72. The van der Waals surface area contributed by atoms with Gasteiger partial charge in [0.1, 0.15) is 6.23 Å². The molecule has 2 aliphatic heterocycles. The second-order valence-corrected chi connectivity index (χ2v) is 13.5. The van der Waals surface area contributed by atoms with Gasteiger partial charge in [0.05, 0.1) is 12.0 Å². The van der Waals surface area contributed by atoms with Crippen LogP contribution < -0.4 is 0 Å². The lowest BCUT2D eigenvalue weighted by Crippen LogP contribution is -2.64. The van der Waals surface area contributed by atoms with Gasteiger partial charge in [-0.3, -0.25) is 4.79 Å². The van der Waals surface area contributed by atoms with Gasteiger partial charge >= 0.3 is 0 Å². The van der Waals surface area contributed by atoms with E-state index in [1.165, 1.54) is 16.2 Å². The topological polar surface area (TPSA) is 29.5 Å². The standard InChI is InChI=1S/C30H39NO2S2/c1-20-15-16-25-26(17-20)33-29-27(21(2)18-34-22-11-7-5-8-12-22)24(28(32)31(29)30(25,3)4)19-35-23-13-9-6-10-14-23/h5-14,20-21,24-27,29H,15-19H2,1-4H3/t20-,21?,24+,25-,26-,27-,29+/m1/s1. The van der Waals surface area contributed by atoms with E-state index in [4.69, 9.17) is 4.74 Å². The SMILES string of the molecule is CC(CSc1ccccc1)[C@@H]1[C@H](CSc2ccccc2)C(=O)N2[C@H]1O[C@@H]1C[C@H](C)CC[C@H]1C2(C)C. The quantitative estimate of drug-likeness (QED) is 0.369. The van der Waals surface area contributed by atoms with Gasteiger partial charge in [0.2, 0.25) is 5.91 Å². The Morgan fingerprint density at radius 3 is 2.29 bits per heavy atom. The number of thioether (sulfide) groups is 2. The minimum Gasteiger partial charge on any atom is -0.354 e. The van der Waals surface area contributed by atoms with E-state index in [1.807, 2.05) is 23.5 Å². The molecule has 0 aromatic heterocycles. The highest BCUT2D eigenvalue weighted by Gasteiger charge is 2.61. The molecule has 2 aromatic rings. The van der Waals surface area contributed by atoms with Gasteiger partial charge in [-0.15, -0.1) is 23.5 Å². The van der Waals surface area contributed by atoms with Crippen molar-refractivity contribution in [3.05, 3.63) is 60.7 Å². The summed E-state index contributed by atoms with van der Waals surface area (Å²) in [6.45, 7) is 9.31. The van der Waals surface area contributed by atoms with Crippen LogP contribution in [0.3, 0.4) is 0 Å². The van der Waals surface area contributed by atoms with Crippen LogP contribution in [-0.2, 0) is 9.53 Å². The molecule has 2 heterocycles. The average molecular weight is 510 g/mol. The van der Waals surface area contributed by atoms with Crippen molar-refractivity contribution < 1.29 is 9.53 Å². The molecule has 3 aliphatic rings. The first-order valence-corrected chi connectivity index (χ1v) is 15.2. The van der Waals surface area contributed by atoms with Gasteiger partial charge in [-0.2, -0.15) is 0 Å². The number of carbonyl (C=O) groups is 1. The summed E-state index contributed by atoms with van der Waals surface area (Å²) in [4.78, 5) is 18.8. The van der Waals surface area contributed by atoms with Crippen LogP contribution in [0.15, 0.2) is 70.5 Å². The number of benzene rings is 2. The molecule has 0 radical (unpaired) electrons. The van der Waals surface area contributed by atoms with E-state index in [2.05, 4.69) is 93.3 Å². The molecule has 3 nitrogen and oxygen atoms in total. The molecule has 7 atom stereocenters. The van der Waals surface area contributed by atoms with Crippen molar-refractivity contribution in [3.63, 3.8) is 0 Å². The number of hydrogen-bond acceptors (Lipinski definition) is 4. The van der Waals surface area contributed by atoms with E-state index in [9.17, 15) is 4.79 Å². The van der Waals surface area contributed by atoms with Crippen LogP contribution in [0.25, 0.3) is 0 Å². The largest absolute Gasteiger partial charge is 0.354 e. The first-order valence-electron chi connectivity index (χ1n) is 13.2. The number of hydrogen-bond donors (Lipinski definition) is 0. The normalized spacial score (nSPS) is 32.7. The summed E-state index contributed by atoms with van der Waals surface area (Å²) in [5.74, 6) is 3.79. The van der Waals surface area contributed by atoms with Crippen molar-refractivity contribution in [2.45, 2.75) is 74.6 Å². The highest BCUT2D eigenvalue weighted by Crippen LogP contribution is 2.53. The van der Waals surface area contributed by atoms with E-state index in [1.54, 1.807) is 0 Å². The Bertz CT molecular complexity index is 998. The second-order valence-electron chi connectivity index (χ2n) is 11.4. The fraction of sp³-hybridized carbons (Fsp3) is 0.567. The maximum absolute atomic E-state index is 14.1. The van der Waals surface area contributed by atoms with Crippen molar-refractivity contribution in [2.75, 3.05) is 11.5 Å². The van der Waals surface area contributed by atoms with Crippen molar-refractivity contribution in [1.82, 2.24) is 4.90 Å². The zero-order valence-electron chi connectivity index (χ0n) is 21.4. The van der Waals surface area contributed by atoms with Gasteiger partial charge in [0, 0.05) is 38.7 Å². The summed E-state index contributed by atoms with van der Waals surface area (Å²) in [5.41, 5.74) is -0.165. The smallest absolute Gasteiger partial charge is 0.229 e. The molecule has 35 heavy (non-hydrogen) atoms. The number of ether oxygens (including phenoxy) is 1. The van der Waals surface area contributed by atoms with Gasteiger partial charge in [0.25, 0.3) is 0 Å². The average Bonchev–Trinajstić information content (AvgIpc) is 3.14. The second kappa shape index (κ2) is 10.5. The highest BCUT2D eigenvalue weighted by molar-refractivity contribution is 7.99. The van der Waals surface area contributed by atoms with E-state index in [-0.39, 0.29) is 29.7 Å². The summed E-state index contributed by atoms with van der Waals surface area (Å²) in [5, 5.41) is 0. The van der Waals surface area contributed by atoms with Gasteiger partial charge in [-0.25, -0.2) is 0 Å². The molecule has 0 spiro atoms. The van der Waals surface area contributed by atoms with Crippen LogP contribution in [0.2, 0.25) is 0 Å². The highest BCUT2D eigenvalue weighted by atomic mass is 32.2. The Morgan fingerprint density at radius 1 is 1.00 bits per heavy atom. The first kappa shape index (κ1) is 25.2. The maximum atomic E-state index is 14.1. The van der Waals surface area contributed by atoms with Crippen LogP contribution in [0.4, 0.5) is 0 Å². The molecule has 3 fully saturated rings. The lowest BCUT2D eigenvalue weighted by molar-refractivity contribution is -0.230. The molecule has 0 bridgehead atoms.